The second-order valence-corrected chi connectivity index (χ2v) is 4.67. The normalized spacial score (nSPS) is 11.2. The molecule has 0 amide bonds. The van der Waals surface area contributed by atoms with Crippen molar-refractivity contribution in [2.75, 3.05) is 0 Å². The molecule has 2 aromatic heterocycles. The van der Waals surface area contributed by atoms with Gasteiger partial charge in [0.1, 0.15) is 0 Å². The van der Waals surface area contributed by atoms with Crippen LogP contribution in [-0.2, 0) is 0 Å². The van der Waals surface area contributed by atoms with Crippen molar-refractivity contribution in [2.45, 2.75) is 0 Å². The lowest BCUT2D eigenvalue weighted by Gasteiger charge is -2.05. The molecule has 90 valence electrons. The number of hydrogen-bond acceptors (Lipinski definition) is 0. The molecule has 0 bridgehead atoms. The Bertz CT molecular complexity index is 807. The first-order chi connectivity index (χ1) is 9.43. The van der Waals surface area contributed by atoms with Gasteiger partial charge in [0.25, 0.3) is 0 Å². The zero-order chi connectivity index (χ0) is 12.7. The molecule has 0 radical (unpaired) electrons. The van der Waals surface area contributed by atoms with Gasteiger partial charge in [-0.15, -0.1) is 0 Å². The fourth-order valence-electron chi connectivity index (χ4n) is 2.69. The molecule has 2 N–H and O–H groups in total. The van der Waals surface area contributed by atoms with Gasteiger partial charge in [0, 0.05) is 29.6 Å². The monoisotopic (exact) mass is 245 g/mol. The first-order valence-electron chi connectivity index (χ1n) is 6.40. The molecule has 2 heteroatoms. The van der Waals surface area contributed by atoms with E-state index in [2.05, 4.69) is 64.6 Å². The zero-order valence-electron chi connectivity index (χ0n) is 10.4. The number of hydrogen-bond donors (Lipinski definition) is 1. The predicted molar refractivity (Wildman–Crippen MR) is 77.8 cm³/mol. The Kier molecular flexibility index (Phi) is 2.15. The quantitative estimate of drug-likeness (QED) is 0.494. The van der Waals surface area contributed by atoms with Crippen LogP contribution in [0.4, 0.5) is 0 Å². The fourth-order valence-corrected chi connectivity index (χ4v) is 2.69. The molecule has 19 heavy (non-hydrogen) atoms. The summed E-state index contributed by atoms with van der Waals surface area (Å²) >= 11 is 0. The summed E-state index contributed by atoms with van der Waals surface area (Å²) in [4.78, 5) is 6.82. The molecule has 0 spiro atoms. The number of pyridine rings is 1. The molecule has 0 fully saturated rings. The Morgan fingerprint density at radius 2 is 1.32 bits per heavy atom. The van der Waals surface area contributed by atoms with Crippen molar-refractivity contribution in [3.05, 3.63) is 66.9 Å². The summed E-state index contributed by atoms with van der Waals surface area (Å²) < 4.78 is 0. The Hall–Kier alpha value is -2.61. The summed E-state index contributed by atoms with van der Waals surface area (Å²) in [6, 6.07) is 21.0. The van der Waals surface area contributed by atoms with Crippen molar-refractivity contribution in [2.24, 2.45) is 0 Å². The highest BCUT2D eigenvalue weighted by Crippen LogP contribution is 2.31. The van der Waals surface area contributed by atoms with Gasteiger partial charge in [-0.1, -0.05) is 24.3 Å². The van der Waals surface area contributed by atoms with Crippen LogP contribution in [0, 0.1) is 0 Å². The van der Waals surface area contributed by atoms with Gasteiger partial charge in [0.15, 0.2) is 0 Å². The molecule has 0 unspecified atom stereocenters. The minimum absolute atomic E-state index is 1.15. The van der Waals surface area contributed by atoms with E-state index in [-0.39, 0.29) is 0 Å². The van der Waals surface area contributed by atoms with Crippen molar-refractivity contribution in [1.82, 2.24) is 4.98 Å². The number of fused-ring (bicyclic) bond motifs is 2. The maximum atomic E-state index is 3.50. The van der Waals surface area contributed by atoms with E-state index in [0.29, 0.717) is 0 Å². The smallest absolute Gasteiger partial charge is 0.211 e. The summed E-state index contributed by atoms with van der Waals surface area (Å²) in [5, 5.41) is 2.48. The third kappa shape index (κ3) is 1.54. The van der Waals surface area contributed by atoms with E-state index < -0.39 is 0 Å². The van der Waals surface area contributed by atoms with Gasteiger partial charge >= 0.3 is 0 Å². The largest absolute Gasteiger partial charge is 0.361 e. The number of nitrogens with one attached hydrogen (secondary N) is 2. The third-order valence-corrected chi connectivity index (χ3v) is 3.53. The van der Waals surface area contributed by atoms with Crippen molar-refractivity contribution >= 4 is 21.8 Å². The summed E-state index contributed by atoms with van der Waals surface area (Å²) in [6.07, 6.45) is 1.97. The molecule has 2 nitrogen and oxygen atoms in total. The number of benzene rings is 2. The Morgan fingerprint density at radius 1 is 0.684 bits per heavy atom. The molecular weight excluding hydrogens is 232 g/mol. The van der Waals surface area contributed by atoms with E-state index in [4.69, 9.17) is 0 Å². The molecule has 2 heterocycles. The molecule has 0 atom stereocenters. The highest BCUT2D eigenvalue weighted by Gasteiger charge is 2.14. The van der Waals surface area contributed by atoms with Gasteiger partial charge in [0.2, 0.25) is 11.0 Å². The summed E-state index contributed by atoms with van der Waals surface area (Å²) in [6.45, 7) is 0. The van der Waals surface area contributed by atoms with Crippen LogP contribution < -0.4 is 4.98 Å². The summed E-state index contributed by atoms with van der Waals surface area (Å²) in [7, 11) is 0. The molecule has 0 aliphatic rings. The van der Waals surface area contributed by atoms with Crippen LogP contribution in [0.15, 0.2) is 66.9 Å². The molecule has 0 aliphatic carbocycles. The Labute approximate surface area is 110 Å². The fraction of sp³-hybridized carbons (Fsp3) is 0. The SMILES string of the molecule is c1c[nH]c(-c2c3ccccc3[nH+]c3ccccc23)c1. The number of aromatic amines is 2. The first kappa shape index (κ1) is 10.3. The van der Waals surface area contributed by atoms with E-state index in [1.54, 1.807) is 0 Å². The number of aromatic nitrogens is 2. The molecule has 0 saturated heterocycles. The third-order valence-electron chi connectivity index (χ3n) is 3.53. The molecule has 0 aliphatic heterocycles. The summed E-state index contributed by atoms with van der Waals surface area (Å²) in [5.74, 6) is 0. The van der Waals surface area contributed by atoms with Gasteiger partial charge in [-0.25, -0.2) is 4.98 Å². The van der Waals surface area contributed by atoms with Crippen molar-refractivity contribution < 1.29 is 4.98 Å². The maximum Gasteiger partial charge on any atom is 0.211 e. The van der Waals surface area contributed by atoms with Gasteiger partial charge in [-0.05, 0) is 24.3 Å². The van der Waals surface area contributed by atoms with Crippen LogP contribution in [0.5, 0.6) is 0 Å². The molecule has 0 saturated carbocycles. The Morgan fingerprint density at radius 3 is 1.89 bits per heavy atom. The average molecular weight is 245 g/mol. The minimum Gasteiger partial charge on any atom is -0.361 e. The van der Waals surface area contributed by atoms with Crippen molar-refractivity contribution in [1.29, 1.82) is 0 Å². The van der Waals surface area contributed by atoms with Gasteiger partial charge in [-0.3, -0.25) is 0 Å². The molecule has 2 aromatic carbocycles. The first-order valence-corrected chi connectivity index (χ1v) is 6.40. The minimum atomic E-state index is 1.15. The molecule has 4 rings (SSSR count). The van der Waals surface area contributed by atoms with Crippen LogP contribution in [0.1, 0.15) is 0 Å². The van der Waals surface area contributed by atoms with E-state index in [1.807, 2.05) is 12.3 Å². The lowest BCUT2D eigenvalue weighted by Crippen LogP contribution is -2.06. The van der Waals surface area contributed by atoms with Gasteiger partial charge < -0.3 is 4.98 Å². The molecular formula is C17H13N2+. The maximum absolute atomic E-state index is 3.50. The average Bonchev–Trinajstić information content (AvgIpc) is 2.98. The number of H-pyrrole nitrogens is 2. The molecule has 4 aromatic rings. The van der Waals surface area contributed by atoms with Gasteiger partial charge in [0.05, 0.1) is 10.8 Å². The lowest BCUT2D eigenvalue weighted by atomic mass is 10.0. The van der Waals surface area contributed by atoms with E-state index in [0.717, 1.165) is 16.7 Å². The second kappa shape index (κ2) is 3.95. The Balaban J connectivity index is 2.27. The van der Waals surface area contributed by atoms with Crippen molar-refractivity contribution in [3.63, 3.8) is 0 Å². The van der Waals surface area contributed by atoms with Crippen LogP contribution in [0.2, 0.25) is 0 Å². The highest BCUT2D eigenvalue weighted by molar-refractivity contribution is 6.06. The van der Waals surface area contributed by atoms with E-state index in [1.165, 1.54) is 16.3 Å². The predicted octanol–water partition coefficient (Wildman–Crippen LogP) is 3.80. The van der Waals surface area contributed by atoms with Crippen LogP contribution in [0.3, 0.4) is 0 Å². The zero-order valence-corrected chi connectivity index (χ0v) is 10.4. The number of para-hydroxylation sites is 2. The van der Waals surface area contributed by atoms with Crippen molar-refractivity contribution in [3.8, 4) is 11.3 Å². The van der Waals surface area contributed by atoms with Crippen LogP contribution in [-0.4, -0.2) is 4.98 Å². The standard InChI is InChI=1S/C17H12N2/c1-3-8-14-12(6-1)17(16-10-5-11-18-16)13-7-2-4-9-15(13)19-14/h1-11,18H/p+1. The van der Waals surface area contributed by atoms with E-state index in [9.17, 15) is 0 Å². The second-order valence-electron chi connectivity index (χ2n) is 4.67. The number of rotatable bonds is 1. The van der Waals surface area contributed by atoms with Crippen LogP contribution >= 0.6 is 0 Å². The topological polar surface area (TPSA) is 29.9 Å². The van der Waals surface area contributed by atoms with E-state index >= 15 is 0 Å². The van der Waals surface area contributed by atoms with Gasteiger partial charge in [-0.2, -0.15) is 0 Å². The summed E-state index contributed by atoms with van der Waals surface area (Å²) in [5.41, 5.74) is 4.73. The highest BCUT2D eigenvalue weighted by atomic mass is 14.7. The lowest BCUT2D eigenvalue weighted by molar-refractivity contribution is -0.310. The van der Waals surface area contributed by atoms with Crippen LogP contribution in [0.25, 0.3) is 33.1 Å².